The number of benzene rings is 4. The summed E-state index contributed by atoms with van der Waals surface area (Å²) in [6.07, 6.45) is 1.52. The zero-order valence-electron chi connectivity index (χ0n) is 39.4. The van der Waals surface area contributed by atoms with Crippen LogP contribution >= 0.6 is 30.3 Å². The maximum Gasteiger partial charge on any atom is 0.399 e. The molecule has 0 aliphatic carbocycles. The van der Waals surface area contributed by atoms with Gasteiger partial charge in [-0.25, -0.2) is 4.98 Å². The summed E-state index contributed by atoms with van der Waals surface area (Å²) in [7, 11) is -5.85. The van der Waals surface area contributed by atoms with Crippen LogP contribution in [-0.4, -0.2) is 90.8 Å². The highest BCUT2D eigenvalue weighted by atomic mass is 32.1. The molecule has 4 aromatic carbocycles. The predicted molar refractivity (Wildman–Crippen MR) is 268 cm³/mol. The molecule has 2 aromatic heterocycles. The van der Waals surface area contributed by atoms with Gasteiger partial charge in [-0.05, 0) is 76.4 Å². The minimum absolute atomic E-state index is 0.0135. The topological polar surface area (TPSA) is 225 Å². The van der Waals surface area contributed by atoms with Gasteiger partial charge in [0.15, 0.2) is 5.13 Å². The van der Waals surface area contributed by atoms with Crippen LogP contribution in [0.4, 0.5) is 13.9 Å². The number of halogens is 2. The third-order valence-electron chi connectivity index (χ3n) is 12.8. The van der Waals surface area contributed by atoms with E-state index in [1.807, 2.05) is 60.7 Å². The molecule has 5 N–H and O–H groups in total. The van der Waals surface area contributed by atoms with Crippen molar-refractivity contribution in [2.75, 3.05) is 11.9 Å². The van der Waals surface area contributed by atoms with E-state index in [0.717, 1.165) is 39.5 Å². The Morgan fingerprint density at radius 1 is 0.959 bits per heavy atom. The Balaban J connectivity index is 0.903. The van der Waals surface area contributed by atoms with E-state index in [1.165, 1.54) is 33.3 Å². The second-order valence-electron chi connectivity index (χ2n) is 19.0. The van der Waals surface area contributed by atoms with Crippen LogP contribution in [0.15, 0.2) is 103 Å². The first-order valence-electron chi connectivity index (χ1n) is 23.0. The van der Waals surface area contributed by atoms with Crippen LogP contribution in [0.25, 0.3) is 20.5 Å². The number of fused-ring (bicyclic) bond motifs is 2. The first kappa shape index (κ1) is 50.9. The Labute approximate surface area is 425 Å². The molecule has 6 aromatic rings. The molecule has 73 heavy (non-hydrogen) atoms. The van der Waals surface area contributed by atoms with E-state index in [4.69, 9.17) is 4.74 Å². The molecular weight excluding hydrogens is 1000 g/mol. The molecule has 376 valence electrons. The molecule has 3 aliphatic heterocycles. The number of hydrogen-bond donors (Lipinski definition) is 5. The lowest BCUT2D eigenvalue weighted by atomic mass is 9.85. The van der Waals surface area contributed by atoms with Gasteiger partial charge < -0.3 is 35.0 Å². The summed E-state index contributed by atoms with van der Waals surface area (Å²) >= 11 is 2.21. The van der Waals surface area contributed by atoms with Crippen molar-refractivity contribution in [2.45, 2.75) is 83.1 Å². The Morgan fingerprint density at radius 2 is 1.71 bits per heavy atom. The molecule has 21 heteroatoms. The van der Waals surface area contributed by atoms with Crippen molar-refractivity contribution in [1.29, 1.82) is 0 Å². The number of nitrogens with one attached hydrogen (secondary N) is 3. The monoisotopic (exact) mass is 1050 g/mol. The van der Waals surface area contributed by atoms with Gasteiger partial charge in [-0.3, -0.25) is 38.6 Å². The quantitative estimate of drug-likeness (QED) is 0.0462. The predicted octanol–water partition coefficient (Wildman–Crippen LogP) is 7.38. The molecule has 16 nitrogen and oxygen atoms in total. The molecular formula is C52H47F2N6O10PS2. The number of thiophene rings is 1. The second kappa shape index (κ2) is 20.1. The molecule has 3 aliphatic rings. The summed E-state index contributed by atoms with van der Waals surface area (Å²) in [6, 6.07) is 23.4. The van der Waals surface area contributed by atoms with Gasteiger partial charge in [0.05, 0.1) is 22.5 Å². The molecule has 2 fully saturated rings. The Bertz CT molecular complexity index is 3310. The molecule has 4 atom stereocenters. The number of rotatable bonds is 12. The molecule has 0 bridgehead atoms. The van der Waals surface area contributed by atoms with Gasteiger partial charge in [0, 0.05) is 59.1 Å². The maximum absolute atomic E-state index is 14.8. The summed E-state index contributed by atoms with van der Waals surface area (Å²) in [5.74, 6) is 3.39. The van der Waals surface area contributed by atoms with E-state index < -0.39 is 72.1 Å². The van der Waals surface area contributed by atoms with Crippen LogP contribution in [0.1, 0.15) is 87.9 Å². The van der Waals surface area contributed by atoms with Crippen molar-refractivity contribution in [3.8, 4) is 22.3 Å². The zero-order chi connectivity index (χ0) is 52.0. The number of imide groups is 1. The Hall–Kier alpha value is -6.98. The number of carbonyl (C=O) groups is 6. The van der Waals surface area contributed by atoms with Gasteiger partial charge in [-0.1, -0.05) is 98.5 Å². The summed E-state index contributed by atoms with van der Waals surface area (Å²) < 4.78 is 47.5. The average Bonchev–Trinajstić information content (AvgIpc) is 4.17. The van der Waals surface area contributed by atoms with Gasteiger partial charge in [0.2, 0.25) is 23.6 Å². The number of thiazole rings is 1. The number of piperidine rings is 1. The minimum Gasteiger partial charge on any atom is -0.372 e. The average molecular weight is 1050 g/mol. The van der Waals surface area contributed by atoms with Crippen molar-refractivity contribution >= 4 is 80.9 Å². The first-order chi connectivity index (χ1) is 34.6. The number of amides is 6. The van der Waals surface area contributed by atoms with Crippen LogP contribution in [0.5, 0.6) is 0 Å². The highest BCUT2D eigenvalue weighted by Gasteiger charge is 2.51. The second-order valence-corrected chi connectivity index (χ2v) is 22.7. The number of ether oxygens (including phenoxy) is 1. The van der Waals surface area contributed by atoms with E-state index in [2.05, 4.69) is 32.8 Å². The van der Waals surface area contributed by atoms with E-state index in [0.29, 0.717) is 32.1 Å². The van der Waals surface area contributed by atoms with E-state index in [1.54, 1.807) is 39.1 Å². The fourth-order valence-corrected chi connectivity index (χ4v) is 11.2. The molecule has 0 saturated carbocycles. The molecule has 2 saturated heterocycles. The normalized spacial score (nSPS) is 18.5. The molecule has 0 spiro atoms. The standard InChI is InChI=1S/C52H47F2N6O10PS2/c1-51(2,3)44(57-47(64)41-23-33-22-34(18-20-40(33)72-41)52(53,54)71(67,68)69)49(66)59-26-35(24-39(59)46(63)58-50-55-25-42(73-50)32-8-5-4-6-9-32)70-28-30-14-12-29(13-15-30)16-17-31-10-7-11-36-37(31)27-60(48(36)65)38-19-21-43(61)56-45(38)62/h4-15,18,20,22-23,25,35,38-39,44H,19,21,24,26-28H2,1-3H3,(H,57,64)(H,55,58,63)(H,56,61,62)(H2,67,68,69)/t35-,38?,39+,44-/m1/s1. The number of carbonyl (C=O) groups excluding carboxylic acids is 6. The number of likely N-dealkylation sites (tertiary alicyclic amines) is 1. The molecule has 9 rings (SSSR count). The molecule has 5 heterocycles. The van der Waals surface area contributed by atoms with Crippen LogP contribution in [0, 0.1) is 17.3 Å². The van der Waals surface area contributed by atoms with Crippen LogP contribution in [0.2, 0.25) is 0 Å². The highest BCUT2D eigenvalue weighted by molar-refractivity contribution is 7.52. The number of aromatic nitrogens is 1. The maximum atomic E-state index is 14.8. The first-order valence-corrected chi connectivity index (χ1v) is 26.3. The fourth-order valence-electron chi connectivity index (χ4n) is 8.93. The van der Waals surface area contributed by atoms with Crippen molar-refractivity contribution in [3.05, 3.63) is 142 Å². The SMILES string of the molecule is CC(C)(C)[C@H](NC(=O)c1cc2cc(C(F)(F)P(=O)(O)O)ccc2s1)C(=O)N1C[C@H](OCc2ccc(C#Cc3cccc4c3CN(C3CCC(=O)NC3=O)C4=O)cc2)C[C@H]1C(=O)Nc1ncc(-c2ccccc2)s1. The van der Waals surface area contributed by atoms with Crippen molar-refractivity contribution in [3.63, 3.8) is 0 Å². The van der Waals surface area contributed by atoms with Crippen LogP contribution in [0.3, 0.4) is 0 Å². The van der Waals surface area contributed by atoms with Crippen LogP contribution in [-0.2, 0) is 47.3 Å². The van der Waals surface area contributed by atoms with E-state index >= 15 is 0 Å². The summed E-state index contributed by atoms with van der Waals surface area (Å²) in [4.78, 5) is 107. The third kappa shape index (κ3) is 10.7. The van der Waals surface area contributed by atoms with Gasteiger partial charge >= 0.3 is 13.3 Å². The Kier molecular flexibility index (Phi) is 14.1. The summed E-state index contributed by atoms with van der Waals surface area (Å²) in [5.41, 5.74) is -2.12. The lowest BCUT2D eigenvalue weighted by Crippen LogP contribution is -2.57. The fraction of sp³-hybridized carbons (Fsp3) is 0.288. The Morgan fingerprint density at radius 3 is 2.42 bits per heavy atom. The largest absolute Gasteiger partial charge is 0.399 e. The van der Waals surface area contributed by atoms with Crippen molar-refractivity contribution < 1.29 is 56.6 Å². The smallest absolute Gasteiger partial charge is 0.372 e. The van der Waals surface area contributed by atoms with Gasteiger partial charge in [-0.15, -0.1) is 11.3 Å². The zero-order valence-corrected chi connectivity index (χ0v) is 41.9. The molecule has 0 radical (unpaired) electrons. The summed E-state index contributed by atoms with van der Waals surface area (Å²) in [6.45, 7) is 5.52. The van der Waals surface area contributed by atoms with Crippen LogP contribution < -0.4 is 16.0 Å². The third-order valence-corrected chi connectivity index (χ3v) is 15.9. The number of hydrogen-bond acceptors (Lipinski definition) is 11. The minimum atomic E-state index is -5.85. The highest BCUT2D eigenvalue weighted by Crippen LogP contribution is 2.59. The summed E-state index contributed by atoms with van der Waals surface area (Å²) in [5, 5.41) is 8.46. The van der Waals surface area contributed by atoms with E-state index in [9.17, 15) is 51.9 Å². The van der Waals surface area contributed by atoms with Gasteiger partial charge in [0.1, 0.15) is 18.1 Å². The lowest BCUT2D eigenvalue weighted by molar-refractivity contribution is -0.140. The van der Waals surface area contributed by atoms with Crippen molar-refractivity contribution in [2.24, 2.45) is 5.41 Å². The lowest BCUT2D eigenvalue weighted by Gasteiger charge is -2.35. The van der Waals surface area contributed by atoms with E-state index in [-0.39, 0.29) is 61.0 Å². The van der Waals surface area contributed by atoms with Gasteiger partial charge in [-0.2, -0.15) is 8.78 Å². The number of alkyl halides is 2. The number of nitrogens with zero attached hydrogens (tertiary/aromatic N) is 3. The van der Waals surface area contributed by atoms with Crippen molar-refractivity contribution in [1.82, 2.24) is 25.4 Å². The molecule has 1 unspecified atom stereocenters. The number of anilines is 1. The van der Waals surface area contributed by atoms with Gasteiger partial charge in [0.25, 0.3) is 11.8 Å². The molecule has 6 amide bonds.